The summed E-state index contributed by atoms with van der Waals surface area (Å²) in [6.45, 7) is 0.206. The molecule has 5 nitrogen and oxygen atoms in total. The zero-order chi connectivity index (χ0) is 13.8. The molecule has 0 unspecified atom stereocenters. The van der Waals surface area contributed by atoms with E-state index in [2.05, 4.69) is 9.98 Å². The predicted octanol–water partition coefficient (Wildman–Crippen LogP) is 1.41. The van der Waals surface area contributed by atoms with Gasteiger partial charge in [0.1, 0.15) is 11.6 Å². The monoisotopic (exact) mass is 282 g/mol. The number of alkyl halides is 3. The molecule has 0 saturated heterocycles. The Labute approximate surface area is 106 Å². The number of hydrogen-bond acceptors (Lipinski definition) is 3. The van der Waals surface area contributed by atoms with Crippen LogP contribution in [0.3, 0.4) is 0 Å². The van der Waals surface area contributed by atoms with Gasteiger partial charge in [-0.3, -0.25) is 4.99 Å². The molecule has 0 saturated carbocycles. The van der Waals surface area contributed by atoms with Crippen LogP contribution in [0.5, 0.6) is 5.88 Å². The molecule has 0 aliphatic rings. The summed E-state index contributed by atoms with van der Waals surface area (Å²) in [5.41, 5.74) is 9.21. The van der Waals surface area contributed by atoms with Crippen molar-refractivity contribution >= 4 is 17.6 Å². The van der Waals surface area contributed by atoms with Gasteiger partial charge in [0.15, 0.2) is 5.96 Å². The van der Waals surface area contributed by atoms with Crippen LogP contribution in [0.4, 0.5) is 13.2 Å². The number of nitrogens with zero attached hydrogens (tertiary/aromatic N) is 2. The van der Waals surface area contributed by atoms with Crippen molar-refractivity contribution in [3.8, 4) is 5.88 Å². The van der Waals surface area contributed by atoms with Crippen LogP contribution in [-0.2, 0) is 6.18 Å². The number of rotatable bonds is 4. The van der Waals surface area contributed by atoms with Crippen molar-refractivity contribution in [2.75, 3.05) is 13.2 Å². The molecule has 100 valence electrons. The fourth-order valence-electron chi connectivity index (χ4n) is 1.00. The Morgan fingerprint density at radius 1 is 1.44 bits per heavy atom. The first kappa shape index (κ1) is 14.4. The normalized spacial score (nSPS) is 11.1. The summed E-state index contributed by atoms with van der Waals surface area (Å²) in [5, 5.41) is -0.227. The largest absolute Gasteiger partial charge is 0.475 e. The maximum Gasteiger partial charge on any atom is 0.417 e. The van der Waals surface area contributed by atoms with Gasteiger partial charge in [-0.15, -0.1) is 0 Å². The van der Waals surface area contributed by atoms with Crippen LogP contribution in [0, 0.1) is 0 Å². The van der Waals surface area contributed by atoms with E-state index in [4.69, 9.17) is 27.8 Å². The van der Waals surface area contributed by atoms with E-state index in [9.17, 15) is 13.2 Å². The second kappa shape index (κ2) is 5.76. The molecule has 1 aromatic heterocycles. The molecular formula is C9H10ClF3N4O. The Bertz CT molecular complexity index is 446. The minimum atomic E-state index is -4.49. The second-order valence-electron chi connectivity index (χ2n) is 3.16. The molecule has 0 amide bonds. The SMILES string of the molecule is NC(N)=NCCOc1ncc(C(F)(F)F)cc1Cl. The zero-order valence-corrected chi connectivity index (χ0v) is 9.79. The lowest BCUT2D eigenvalue weighted by atomic mass is 10.3. The predicted molar refractivity (Wildman–Crippen MR) is 60.4 cm³/mol. The average molecular weight is 283 g/mol. The number of guanidine groups is 1. The smallest absolute Gasteiger partial charge is 0.417 e. The van der Waals surface area contributed by atoms with Crippen LogP contribution in [0.15, 0.2) is 17.3 Å². The van der Waals surface area contributed by atoms with Crippen LogP contribution < -0.4 is 16.2 Å². The second-order valence-corrected chi connectivity index (χ2v) is 3.57. The Hall–Kier alpha value is -1.70. The Kier molecular flexibility index (Phi) is 4.60. The molecule has 18 heavy (non-hydrogen) atoms. The molecule has 0 aromatic carbocycles. The van der Waals surface area contributed by atoms with Crippen molar-refractivity contribution in [2.45, 2.75) is 6.18 Å². The molecule has 1 rings (SSSR count). The van der Waals surface area contributed by atoms with Crippen molar-refractivity contribution < 1.29 is 17.9 Å². The van der Waals surface area contributed by atoms with Crippen molar-refractivity contribution in [3.63, 3.8) is 0 Å². The first-order chi connectivity index (χ1) is 8.30. The highest BCUT2D eigenvalue weighted by atomic mass is 35.5. The van der Waals surface area contributed by atoms with E-state index in [1.165, 1.54) is 0 Å². The average Bonchev–Trinajstić information content (AvgIpc) is 2.24. The number of aromatic nitrogens is 1. The summed E-state index contributed by atoms with van der Waals surface area (Å²) in [6.07, 6.45) is -3.85. The third kappa shape index (κ3) is 4.28. The van der Waals surface area contributed by atoms with Gasteiger partial charge < -0.3 is 16.2 Å². The maximum absolute atomic E-state index is 12.3. The summed E-state index contributed by atoms with van der Waals surface area (Å²) in [5.74, 6) is -0.208. The van der Waals surface area contributed by atoms with E-state index < -0.39 is 11.7 Å². The molecule has 0 bridgehead atoms. The number of aliphatic imine (C=N–C) groups is 1. The minimum Gasteiger partial charge on any atom is -0.475 e. The third-order valence-electron chi connectivity index (χ3n) is 1.76. The molecule has 0 spiro atoms. The topological polar surface area (TPSA) is 86.5 Å². The molecule has 0 aliphatic heterocycles. The maximum atomic E-state index is 12.3. The molecular weight excluding hydrogens is 273 g/mol. The Balaban J connectivity index is 2.66. The summed E-state index contributed by atoms with van der Waals surface area (Å²) in [4.78, 5) is 7.10. The molecule has 0 fully saturated rings. The highest BCUT2D eigenvalue weighted by Crippen LogP contribution is 2.32. The molecule has 1 aromatic rings. The van der Waals surface area contributed by atoms with Gasteiger partial charge in [0, 0.05) is 6.20 Å². The summed E-state index contributed by atoms with van der Waals surface area (Å²) in [7, 11) is 0. The molecule has 0 aliphatic carbocycles. The first-order valence-corrected chi connectivity index (χ1v) is 5.09. The number of hydrogen-bond donors (Lipinski definition) is 2. The van der Waals surface area contributed by atoms with Crippen molar-refractivity contribution in [1.29, 1.82) is 0 Å². The van der Waals surface area contributed by atoms with Crippen LogP contribution in [0.2, 0.25) is 5.02 Å². The van der Waals surface area contributed by atoms with Crippen LogP contribution >= 0.6 is 11.6 Å². The van der Waals surface area contributed by atoms with Gasteiger partial charge >= 0.3 is 6.18 Å². The molecule has 0 atom stereocenters. The van der Waals surface area contributed by atoms with Gasteiger partial charge in [-0.1, -0.05) is 11.6 Å². The van der Waals surface area contributed by atoms with Gasteiger partial charge in [0.05, 0.1) is 12.1 Å². The van der Waals surface area contributed by atoms with E-state index in [0.29, 0.717) is 6.20 Å². The summed E-state index contributed by atoms with van der Waals surface area (Å²) >= 11 is 5.60. The Morgan fingerprint density at radius 2 is 2.11 bits per heavy atom. The van der Waals surface area contributed by atoms with Gasteiger partial charge in [0.2, 0.25) is 5.88 Å². The lowest BCUT2D eigenvalue weighted by Gasteiger charge is -2.09. The van der Waals surface area contributed by atoms with Crippen molar-refractivity contribution in [2.24, 2.45) is 16.5 Å². The first-order valence-electron chi connectivity index (χ1n) is 4.71. The lowest BCUT2D eigenvalue weighted by molar-refractivity contribution is -0.137. The van der Waals surface area contributed by atoms with E-state index in [0.717, 1.165) is 6.07 Å². The number of pyridine rings is 1. The van der Waals surface area contributed by atoms with Crippen LogP contribution in [-0.4, -0.2) is 24.1 Å². The molecule has 4 N–H and O–H groups in total. The van der Waals surface area contributed by atoms with E-state index in [1.54, 1.807) is 0 Å². The summed E-state index contributed by atoms with van der Waals surface area (Å²) < 4.78 is 42.0. The van der Waals surface area contributed by atoms with Gasteiger partial charge in [-0.05, 0) is 6.07 Å². The van der Waals surface area contributed by atoms with Gasteiger partial charge in [0.25, 0.3) is 0 Å². The van der Waals surface area contributed by atoms with Crippen LogP contribution in [0.1, 0.15) is 5.56 Å². The van der Waals surface area contributed by atoms with E-state index >= 15 is 0 Å². The van der Waals surface area contributed by atoms with Crippen molar-refractivity contribution in [1.82, 2.24) is 4.98 Å². The van der Waals surface area contributed by atoms with Crippen molar-refractivity contribution in [3.05, 3.63) is 22.8 Å². The number of halogens is 4. The van der Waals surface area contributed by atoms with E-state index in [1.807, 2.05) is 0 Å². The fraction of sp³-hybridized carbons (Fsp3) is 0.333. The fourth-order valence-corrected chi connectivity index (χ4v) is 1.22. The number of nitrogens with two attached hydrogens (primary N) is 2. The quantitative estimate of drug-likeness (QED) is 0.496. The molecule has 9 heteroatoms. The highest BCUT2D eigenvalue weighted by molar-refractivity contribution is 6.31. The van der Waals surface area contributed by atoms with Crippen LogP contribution in [0.25, 0.3) is 0 Å². The summed E-state index contributed by atoms with van der Waals surface area (Å²) in [6, 6.07) is 0.741. The van der Waals surface area contributed by atoms with E-state index in [-0.39, 0.29) is 30.0 Å². The van der Waals surface area contributed by atoms with Gasteiger partial charge in [-0.25, -0.2) is 4.98 Å². The highest BCUT2D eigenvalue weighted by Gasteiger charge is 2.31. The lowest BCUT2D eigenvalue weighted by Crippen LogP contribution is -2.23. The minimum absolute atomic E-state index is 0.0516. The van der Waals surface area contributed by atoms with Gasteiger partial charge in [-0.2, -0.15) is 13.2 Å². The number of ether oxygens (including phenoxy) is 1. The third-order valence-corrected chi connectivity index (χ3v) is 2.03. The molecule has 0 radical (unpaired) electrons. The molecule has 1 heterocycles. The Morgan fingerprint density at radius 3 is 2.61 bits per heavy atom. The zero-order valence-electron chi connectivity index (χ0n) is 9.04. The standard InChI is InChI=1S/C9H10ClF3N4O/c10-6-3-5(9(11,12)13)4-17-7(6)18-2-1-16-8(14)15/h3-4H,1-2H2,(H4,14,15,16).